The Hall–Kier alpha value is -2.62. The van der Waals surface area contributed by atoms with Gasteiger partial charge in [-0.1, -0.05) is 24.3 Å². The number of anilines is 2. The minimum Gasteiger partial charge on any atom is -0.308 e. The zero-order valence-corrected chi connectivity index (χ0v) is 12.4. The molecule has 0 aromatic heterocycles. The summed E-state index contributed by atoms with van der Waals surface area (Å²) in [4.78, 5) is 25.1. The van der Waals surface area contributed by atoms with Gasteiger partial charge in [0.05, 0.1) is 0 Å². The van der Waals surface area contributed by atoms with Crippen molar-refractivity contribution in [3.05, 3.63) is 59.7 Å². The molecule has 0 heterocycles. The summed E-state index contributed by atoms with van der Waals surface area (Å²) >= 11 is 0. The van der Waals surface area contributed by atoms with Gasteiger partial charge in [-0.3, -0.25) is 9.69 Å². The second kappa shape index (κ2) is 6.22. The fraction of sp³-hybridized carbons (Fsp3) is 0.176. The van der Waals surface area contributed by atoms with Gasteiger partial charge in [0.1, 0.15) is 0 Å². The van der Waals surface area contributed by atoms with Crippen LogP contribution < -0.4 is 10.2 Å². The molecule has 2 amide bonds. The summed E-state index contributed by atoms with van der Waals surface area (Å²) in [7, 11) is 1.71. The molecular weight excluding hydrogens is 264 g/mol. The molecule has 0 aliphatic heterocycles. The van der Waals surface area contributed by atoms with E-state index >= 15 is 0 Å². The van der Waals surface area contributed by atoms with Crippen molar-refractivity contribution in [3.63, 3.8) is 0 Å². The van der Waals surface area contributed by atoms with Crippen LogP contribution in [-0.4, -0.2) is 18.9 Å². The van der Waals surface area contributed by atoms with Gasteiger partial charge in [0.2, 0.25) is 0 Å². The molecule has 108 valence electrons. The number of carbonyl (C=O) groups excluding carboxylic acids is 2. The number of nitrogens with one attached hydrogen (secondary N) is 1. The zero-order chi connectivity index (χ0) is 15.4. The van der Waals surface area contributed by atoms with Crippen LogP contribution in [0.3, 0.4) is 0 Å². The van der Waals surface area contributed by atoms with E-state index in [1.165, 1.54) is 11.8 Å². The molecule has 0 bridgehead atoms. The normalized spacial score (nSPS) is 10.0. The van der Waals surface area contributed by atoms with Crippen molar-refractivity contribution >= 4 is 23.2 Å². The average molecular weight is 282 g/mol. The second-order valence-electron chi connectivity index (χ2n) is 4.97. The van der Waals surface area contributed by atoms with E-state index in [9.17, 15) is 9.59 Å². The van der Waals surface area contributed by atoms with Crippen molar-refractivity contribution in [1.82, 2.24) is 0 Å². The highest BCUT2D eigenvalue weighted by Crippen LogP contribution is 2.17. The number of urea groups is 1. The summed E-state index contributed by atoms with van der Waals surface area (Å²) < 4.78 is 0. The Bertz CT molecular complexity index is 680. The minimum atomic E-state index is -0.249. The quantitative estimate of drug-likeness (QED) is 0.869. The molecule has 21 heavy (non-hydrogen) atoms. The number of Topliss-reactive ketones (excluding diaryl/α,β-unsaturated/α-hetero) is 1. The van der Waals surface area contributed by atoms with Crippen molar-refractivity contribution < 1.29 is 9.59 Å². The largest absolute Gasteiger partial charge is 0.326 e. The number of benzene rings is 2. The molecule has 0 aliphatic rings. The third-order valence-electron chi connectivity index (χ3n) is 3.21. The smallest absolute Gasteiger partial charge is 0.308 e. The standard InChI is InChI=1S/C17H18N2O2/c1-12-6-4-9-16(10-12)19(3)17(21)18-15-8-5-7-14(11-15)13(2)20/h4-11H,1-3H3,(H,18,21). The summed E-state index contributed by atoms with van der Waals surface area (Å²) in [6, 6.07) is 14.3. The Morgan fingerprint density at radius 1 is 1.05 bits per heavy atom. The molecular formula is C17H18N2O2. The molecule has 0 fully saturated rings. The first-order chi connectivity index (χ1) is 9.97. The molecule has 0 aliphatic carbocycles. The highest BCUT2D eigenvalue weighted by Gasteiger charge is 2.11. The molecule has 4 heteroatoms. The van der Waals surface area contributed by atoms with Crippen LogP contribution in [-0.2, 0) is 0 Å². The predicted octanol–water partition coefficient (Wildman–Crippen LogP) is 3.87. The predicted molar refractivity (Wildman–Crippen MR) is 85.0 cm³/mol. The van der Waals surface area contributed by atoms with Gasteiger partial charge >= 0.3 is 6.03 Å². The molecule has 0 unspecified atom stereocenters. The van der Waals surface area contributed by atoms with E-state index in [2.05, 4.69) is 5.32 Å². The Balaban J connectivity index is 2.14. The lowest BCUT2D eigenvalue weighted by Gasteiger charge is -2.18. The van der Waals surface area contributed by atoms with Gasteiger partial charge < -0.3 is 5.32 Å². The van der Waals surface area contributed by atoms with Crippen molar-refractivity contribution in [1.29, 1.82) is 0 Å². The average Bonchev–Trinajstić information content (AvgIpc) is 2.46. The number of hydrogen-bond acceptors (Lipinski definition) is 2. The van der Waals surface area contributed by atoms with E-state index in [-0.39, 0.29) is 11.8 Å². The molecule has 0 atom stereocenters. The second-order valence-corrected chi connectivity index (χ2v) is 4.97. The van der Waals surface area contributed by atoms with E-state index in [1.807, 2.05) is 31.2 Å². The van der Waals surface area contributed by atoms with Crippen LogP contribution in [0.15, 0.2) is 48.5 Å². The van der Waals surface area contributed by atoms with Crippen LogP contribution in [0.25, 0.3) is 0 Å². The molecule has 0 saturated carbocycles. The first kappa shape index (κ1) is 14.8. The van der Waals surface area contributed by atoms with Crippen LogP contribution in [0.1, 0.15) is 22.8 Å². The lowest BCUT2D eigenvalue weighted by atomic mass is 10.1. The Morgan fingerprint density at radius 3 is 2.43 bits per heavy atom. The van der Waals surface area contributed by atoms with Gasteiger partial charge in [-0.2, -0.15) is 0 Å². The first-order valence-corrected chi connectivity index (χ1v) is 6.70. The van der Waals surface area contributed by atoms with Gasteiger partial charge in [0, 0.05) is 24.0 Å². The Kier molecular flexibility index (Phi) is 4.38. The zero-order valence-electron chi connectivity index (χ0n) is 12.4. The maximum Gasteiger partial charge on any atom is 0.326 e. The van der Waals surface area contributed by atoms with Gasteiger partial charge in [-0.15, -0.1) is 0 Å². The third kappa shape index (κ3) is 3.69. The van der Waals surface area contributed by atoms with E-state index in [0.29, 0.717) is 11.3 Å². The lowest BCUT2D eigenvalue weighted by Crippen LogP contribution is -2.31. The van der Waals surface area contributed by atoms with Crippen molar-refractivity contribution in [3.8, 4) is 0 Å². The number of carbonyl (C=O) groups is 2. The summed E-state index contributed by atoms with van der Waals surface area (Å²) in [5.74, 6) is -0.0295. The fourth-order valence-corrected chi connectivity index (χ4v) is 1.98. The van der Waals surface area contributed by atoms with Crippen molar-refractivity contribution in [2.45, 2.75) is 13.8 Å². The number of hydrogen-bond donors (Lipinski definition) is 1. The molecule has 2 aromatic carbocycles. The van der Waals surface area contributed by atoms with Crippen molar-refractivity contribution in [2.24, 2.45) is 0 Å². The molecule has 2 aromatic rings. The van der Waals surface area contributed by atoms with Crippen LogP contribution in [0.4, 0.5) is 16.2 Å². The van der Waals surface area contributed by atoms with Crippen LogP contribution in [0.2, 0.25) is 0 Å². The summed E-state index contributed by atoms with van der Waals surface area (Å²) in [5.41, 5.74) is 3.08. The van der Waals surface area contributed by atoms with E-state index in [0.717, 1.165) is 11.3 Å². The lowest BCUT2D eigenvalue weighted by molar-refractivity contribution is 0.101. The SMILES string of the molecule is CC(=O)c1cccc(NC(=O)N(C)c2cccc(C)c2)c1. The van der Waals surface area contributed by atoms with E-state index < -0.39 is 0 Å². The molecule has 4 nitrogen and oxygen atoms in total. The highest BCUT2D eigenvalue weighted by molar-refractivity contribution is 6.02. The number of nitrogens with zero attached hydrogens (tertiary/aromatic N) is 1. The van der Waals surface area contributed by atoms with Gasteiger partial charge in [-0.25, -0.2) is 4.79 Å². The first-order valence-electron chi connectivity index (χ1n) is 6.70. The van der Waals surface area contributed by atoms with E-state index in [1.54, 1.807) is 31.3 Å². The van der Waals surface area contributed by atoms with Crippen LogP contribution in [0.5, 0.6) is 0 Å². The molecule has 0 spiro atoms. The van der Waals surface area contributed by atoms with Gasteiger partial charge in [0.25, 0.3) is 0 Å². The summed E-state index contributed by atoms with van der Waals surface area (Å²) in [6.07, 6.45) is 0. The molecule has 0 saturated heterocycles. The molecule has 0 radical (unpaired) electrons. The monoisotopic (exact) mass is 282 g/mol. The maximum absolute atomic E-state index is 12.2. The summed E-state index contributed by atoms with van der Waals surface area (Å²) in [6.45, 7) is 3.48. The summed E-state index contributed by atoms with van der Waals surface area (Å²) in [5, 5.41) is 2.79. The molecule has 2 rings (SSSR count). The van der Waals surface area contributed by atoms with Crippen LogP contribution >= 0.6 is 0 Å². The Morgan fingerprint density at radius 2 is 1.76 bits per heavy atom. The Labute approximate surface area is 124 Å². The van der Waals surface area contributed by atoms with Crippen LogP contribution in [0, 0.1) is 6.92 Å². The van der Waals surface area contributed by atoms with E-state index in [4.69, 9.17) is 0 Å². The van der Waals surface area contributed by atoms with Crippen molar-refractivity contribution in [2.75, 3.05) is 17.3 Å². The number of rotatable bonds is 3. The number of amides is 2. The topological polar surface area (TPSA) is 49.4 Å². The maximum atomic E-state index is 12.2. The number of ketones is 1. The minimum absolute atomic E-state index is 0.0295. The highest BCUT2D eigenvalue weighted by atomic mass is 16.2. The van der Waals surface area contributed by atoms with Gasteiger partial charge in [-0.05, 0) is 43.7 Å². The number of aryl methyl sites for hydroxylation is 1. The van der Waals surface area contributed by atoms with Gasteiger partial charge in [0.15, 0.2) is 5.78 Å². The fourth-order valence-electron chi connectivity index (χ4n) is 1.98. The molecule has 1 N–H and O–H groups in total. The third-order valence-corrected chi connectivity index (χ3v) is 3.21.